The van der Waals surface area contributed by atoms with E-state index in [0.717, 1.165) is 28.7 Å². The summed E-state index contributed by atoms with van der Waals surface area (Å²) in [6, 6.07) is 13.3. The van der Waals surface area contributed by atoms with Crippen LogP contribution in [0.5, 0.6) is 0 Å². The third-order valence-electron chi connectivity index (χ3n) is 3.21. The quantitative estimate of drug-likeness (QED) is 0.782. The predicted octanol–water partition coefficient (Wildman–Crippen LogP) is 4.79. The van der Waals surface area contributed by atoms with Crippen LogP contribution in [0.3, 0.4) is 0 Å². The van der Waals surface area contributed by atoms with Gasteiger partial charge in [-0.05, 0) is 41.8 Å². The van der Waals surface area contributed by atoms with E-state index >= 15 is 0 Å². The van der Waals surface area contributed by atoms with E-state index in [1.54, 1.807) is 0 Å². The molecule has 1 nitrogen and oxygen atoms in total. The zero-order valence-electron chi connectivity index (χ0n) is 11.2. The van der Waals surface area contributed by atoms with E-state index in [4.69, 9.17) is 0 Å². The highest BCUT2D eigenvalue weighted by molar-refractivity contribution is 9.10. The lowest BCUT2D eigenvalue weighted by Crippen LogP contribution is -2.16. The van der Waals surface area contributed by atoms with Crippen molar-refractivity contribution in [2.24, 2.45) is 0 Å². The molecule has 0 atom stereocenters. The molecule has 0 saturated heterocycles. The van der Waals surface area contributed by atoms with E-state index in [1.807, 2.05) is 13.1 Å². The molecule has 3 heteroatoms. The second-order valence-electron chi connectivity index (χ2n) is 4.61. The van der Waals surface area contributed by atoms with Crippen LogP contribution in [0.4, 0.5) is 10.1 Å². The zero-order chi connectivity index (χ0) is 13.8. The van der Waals surface area contributed by atoms with Crippen molar-refractivity contribution >= 4 is 21.6 Å². The molecule has 0 spiro atoms. The molecule has 0 heterocycles. The summed E-state index contributed by atoms with van der Waals surface area (Å²) < 4.78 is 13.9. The van der Waals surface area contributed by atoms with Crippen LogP contribution in [-0.4, -0.2) is 7.05 Å². The van der Waals surface area contributed by atoms with Crippen molar-refractivity contribution in [3.63, 3.8) is 0 Å². The van der Waals surface area contributed by atoms with E-state index < -0.39 is 0 Å². The van der Waals surface area contributed by atoms with Crippen molar-refractivity contribution in [2.75, 3.05) is 11.9 Å². The molecule has 0 aliphatic heterocycles. The fraction of sp³-hybridized carbons (Fsp3) is 0.250. The second-order valence-corrected chi connectivity index (χ2v) is 5.47. The van der Waals surface area contributed by atoms with Gasteiger partial charge in [0, 0.05) is 23.8 Å². The maximum atomic E-state index is 13.0. The Kier molecular flexibility index (Phi) is 4.59. The lowest BCUT2D eigenvalue weighted by Gasteiger charge is -2.20. The Balaban J connectivity index is 2.13. The molecular weight excluding hydrogens is 305 g/mol. The van der Waals surface area contributed by atoms with Gasteiger partial charge in [-0.25, -0.2) is 4.39 Å². The van der Waals surface area contributed by atoms with Gasteiger partial charge in [0.25, 0.3) is 0 Å². The van der Waals surface area contributed by atoms with Crippen LogP contribution in [0, 0.1) is 5.82 Å². The van der Waals surface area contributed by atoms with Gasteiger partial charge in [-0.1, -0.05) is 41.1 Å². The molecule has 0 radical (unpaired) electrons. The van der Waals surface area contributed by atoms with E-state index in [9.17, 15) is 4.39 Å². The Hall–Kier alpha value is -1.35. The number of benzene rings is 2. The average Bonchev–Trinajstić information content (AvgIpc) is 2.42. The first-order valence-corrected chi connectivity index (χ1v) is 7.13. The Morgan fingerprint density at radius 1 is 1.11 bits per heavy atom. The SMILES string of the molecule is CCc1ccc(N(C)Cc2ccc(F)cc2Br)cc1. The zero-order valence-corrected chi connectivity index (χ0v) is 12.7. The number of hydrogen-bond donors (Lipinski definition) is 0. The molecule has 2 aromatic carbocycles. The Labute approximate surface area is 122 Å². The number of rotatable bonds is 4. The monoisotopic (exact) mass is 321 g/mol. The van der Waals surface area contributed by atoms with Gasteiger partial charge in [-0.2, -0.15) is 0 Å². The molecule has 0 amide bonds. The maximum Gasteiger partial charge on any atom is 0.124 e. The highest BCUT2D eigenvalue weighted by Gasteiger charge is 2.06. The van der Waals surface area contributed by atoms with E-state index in [0.29, 0.717) is 0 Å². The summed E-state index contributed by atoms with van der Waals surface area (Å²) >= 11 is 3.40. The van der Waals surface area contributed by atoms with Gasteiger partial charge in [0.15, 0.2) is 0 Å². The minimum atomic E-state index is -0.217. The highest BCUT2D eigenvalue weighted by Crippen LogP contribution is 2.22. The van der Waals surface area contributed by atoms with Crippen molar-refractivity contribution in [2.45, 2.75) is 19.9 Å². The minimum Gasteiger partial charge on any atom is -0.370 e. The van der Waals surface area contributed by atoms with Crippen molar-refractivity contribution in [3.05, 3.63) is 63.9 Å². The number of anilines is 1. The number of halogens is 2. The molecule has 0 aliphatic rings. The Bertz CT molecular complexity index is 551. The fourth-order valence-corrected chi connectivity index (χ4v) is 2.46. The van der Waals surface area contributed by atoms with Gasteiger partial charge in [0.2, 0.25) is 0 Å². The largest absolute Gasteiger partial charge is 0.370 e. The van der Waals surface area contributed by atoms with Crippen LogP contribution in [-0.2, 0) is 13.0 Å². The van der Waals surface area contributed by atoms with Crippen molar-refractivity contribution < 1.29 is 4.39 Å². The summed E-state index contributed by atoms with van der Waals surface area (Å²) in [6.45, 7) is 2.89. The van der Waals surface area contributed by atoms with Crippen LogP contribution in [0.1, 0.15) is 18.1 Å². The number of nitrogens with zero attached hydrogens (tertiary/aromatic N) is 1. The summed E-state index contributed by atoms with van der Waals surface area (Å²) in [6.07, 6.45) is 1.05. The molecule has 100 valence electrons. The first-order chi connectivity index (χ1) is 9.10. The third kappa shape index (κ3) is 3.57. The topological polar surface area (TPSA) is 3.24 Å². The van der Waals surface area contributed by atoms with Crippen molar-refractivity contribution in [3.8, 4) is 0 Å². The second kappa shape index (κ2) is 6.20. The molecule has 0 N–H and O–H groups in total. The number of aryl methyl sites for hydroxylation is 1. The van der Waals surface area contributed by atoms with Crippen molar-refractivity contribution in [1.29, 1.82) is 0 Å². The third-order valence-corrected chi connectivity index (χ3v) is 3.95. The standard InChI is InChI=1S/C16H17BrFN/c1-3-12-4-8-15(9-5-12)19(2)11-13-6-7-14(18)10-16(13)17/h4-10H,3,11H2,1-2H3. The lowest BCUT2D eigenvalue weighted by atomic mass is 10.1. The van der Waals surface area contributed by atoms with E-state index in [2.05, 4.69) is 52.0 Å². The normalized spacial score (nSPS) is 10.5. The summed E-state index contributed by atoms with van der Waals surface area (Å²) in [5, 5.41) is 0. The van der Waals surface area contributed by atoms with E-state index in [-0.39, 0.29) is 5.82 Å². The summed E-state index contributed by atoms with van der Waals surface area (Å²) in [5.41, 5.74) is 3.57. The Morgan fingerprint density at radius 3 is 2.37 bits per heavy atom. The van der Waals surface area contributed by atoms with Crippen LogP contribution in [0.2, 0.25) is 0 Å². The van der Waals surface area contributed by atoms with Crippen LogP contribution in [0.15, 0.2) is 46.9 Å². The molecule has 0 bridgehead atoms. The summed E-state index contributed by atoms with van der Waals surface area (Å²) in [4.78, 5) is 2.15. The average molecular weight is 322 g/mol. The predicted molar refractivity (Wildman–Crippen MR) is 82.0 cm³/mol. The van der Waals surface area contributed by atoms with Crippen LogP contribution in [0.25, 0.3) is 0 Å². The van der Waals surface area contributed by atoms with Crippen molar-refractivity contribution in [1.82, 2.24) is 0 Å². The molecule has 0 unspecified atom stereocenters. The van der Waals surface area contributed by atoms with Gasteiger partial charge in [0.05, 0.1) is 0 Å². The molecule has 0 aromatic heterocycles. The minimum absolute atomic E-state index is 0.217. The summed E-state index contributed by atoms with van der Waals surface area (Å²) in [5.74, 6) is -0.217. The molecule has 19 heavy (non-hydrogen) atoms. The first kappa shape index (κ1) is 14.1. The lowest BCUT2D eigenvalue weighted by molar-refractivity contribution is 0.625. The molecule has 0 fully saturated rings. The molecule has 0 aliphatic carbocycles. The van der Waals surface area contributed by atoms with E-state index in [1.165, 1.54) is 17.7 Å². The molecule has 2 rings (SSSR count). The maximum absolute atomic E-state index is 13.0. The Morgan fingerprint density at radius 2 is 1.79 bits per heavy atom. The molecule has 2 aromatic rings. The van der Waals surface area contributed by atoms with Gasteiger partial charge in [-0.3, -0.25) is 0 Å². The van der Waals surface area contributed by atoms with Crippen LogP contribution >= 0.6 is 15.9 Å². The number of hydrogen-bond acceptors (Lipinski definition) is 1. The molecule has 0 saturated carbocycles. The van der Waals surface area contributed by atoms with Gasteiger partial charge < -0.3 is 4.90 Å². The highest BCUT2D eigenvalue weighted by atomic mass is 79.9. The van der Waals surface area contributed by atoms with Crippen LogP contribution < -0.4 is 4.90 Å². The first-order valence-electron chi connectivity index (χ1n) is 6.34. The van der Waals surface area contributed by atoms with Gasteiger partial charge in [0.1, 0.15) is 5.82 Å². The van der Waals surface area contributed by atoms with Gasteiger partial charge >= 0.3 is 0 Å². The smallest absolute Gasteiger partial charge is 0.124 e. The summed E-state index contributed by atoms with van der Waals surface area (Å²) in [7, 11) is 2.04. The molecular formula is C16H17BrFN. The van der Waals surface area contributed by atoms with Gasteiger partial charge in [-0.15, -0.1) is 0 Å². The fourth-order valence-electron chi connectivity index (χ4n) is 1.98.